The quantitative estimate of drug-likeness (QED) is 0.477. The van der Waals surface area contributed by atoms with Crippen LogP contribution in [-0.2, 0) is 26.1 Å². The van der Waals surface area contributed by atoms with Gasteiger partial charge in [0.1, 0.15) is 0 Å². The van der Waals surface area contributed by atoms with Crippen molar-refractivity contribution in [3.8, 4) is 0 Å². The van der Waals surface area contributed by atoms with Crippen molar-refractivity contribution < 1.29 is 22.7 Å². The Labute approximate surface area is 168 Å². The van der Waals surface area contributed by atoms with Crippen molar-refractivity contribution in [1.82, 2.24) is 10.0 Å². The van der Waals surface area contributed by atoms with Gasteiger partial charge in [0.15, 0.2) is 6.61 Å². The SMILES string of the molecule is C=CCNS(=O)(=O)c1ccc(C(=O)OCC(=O)NCc2ccc(Cl)cc2)cc1. The standard InChI is InChI=1S/C19H19ClN2O5S/c1-2-11-22-28(25,26)17-9-5-15(6-10-17)19(24)27-13-18(23)21-12-14-3-7-16(20)8-4-14/h2-10,22H,1,11-13H2,(H,21,23). The average molecular weight is 423 g/mol. The van der Waals surface area contributed by atoms with Gasteiger partial charge in [-0.15, -0.1) is 6.58 Å². The summed E-state index contributed by atoms with van der Waals surface area (Å²) in [4.78, 5) is 23.8. The van der Waals surface area contributed by atoms with Gasteiger partial charge in [0.05, 0.1) is 10.5 Å². The molecular weight excluding hydrogens is 404 g/mol. The van der Waals surface area contributed by atoms with Crippen LogP contribution < -0.4 is 10.0 Å². The molecule has 1 amide bonds. The largest absolute Gasteiger partial charge is 0.452 e. The normalized spacial score (nSPS) is 10.9. The number of esters is 1. The molecular formula is C19H19ClN2O5S. The van der Waals surface area contributed by atoms with E-state index in [4.69, 9.17) is 16.3 Å². The van der Waals surface area contributed by atoms with Gasteiger partial charge < -0.3 is 10.1 Å². The summed E-state index contributed by atoms with van der Waals surface area (Å²) in [6, 6.07) is 12.2. The summed E-state index contributed by atoms with van der Waals surface area (Å²) in [6.07, 6.45) is 1.42. The van der Waals surface area contributed by atoms with Gasteiger partial charge in [-0.3, -0.25) is 4.79 Å². The highest BCUT2D eigenvalue weighted by atomic mass is 35.5. The monoisotopic (exact) mass is 422 g/mol. The van der Waals surface area contributed by atoms with Gasteiger partial charge >= 0.3 is 5.97 Å². The van der Waals surface area contributed by atoms with E-state index in [0.717, 1.165) is 5.56 Å². The third-order valence-electron chi connectivity index (χ3n) is 3.56. The number of amides is 1. The molecule has 2 N–H and O–H groups in total. The maximum Gasteiger partial charge on any atom is 0.338 e. The van der Waals surface area contributed by atoms with Crippen LogP contribution in [0.4, 0.5) is 0 Å². The van der Waals surface area contributed by atoms with Crippen molar-refractivity contribution in [3.05, 3.63) is 77.3 Å². The van der Waals surface area contributed by atoms with E-state index in [9.17, 15) is 18.0 Å². The Morgan fingerprint density at radius 2 is 1.71 bits per heavy atom. The fourth-order valence-electron chi connectivity index (χ4n) is 2.09. The van der Waals surface area contributed by atoms with Gasteiger partial charge in [-0.1, -0.05) is 29.8 Å². The van der Waals surface area contributed by atoms with Gasteiger partial charge in [0, 0.05) is 18.1 Å². The maximum atomic E-state index is 12.0. The first-order valence-electron chi connectivity index (χ1n) is 8.21. The zero-order chi connectivity index (χ0) is 20.6. The second-order valence-electron chi connectivity index (χ2n) is 5.64. The van der Waals surface area contributed by atoms with Crippen LogP contribution in [0.3, 0.4) is 0 Å². The number of ether oxygens (including phenoxy) is 1. The number of halogens is 1. The summed E-state index contributed by atoms with van der Waals surface area (Å²) in [6.45, 7) is 3.36. The Balaban J connectivity index is 1.84. The van der Waals surface area contributed by atoms with Crippen LogP contribution in [0.5, 0.6) is 0 Å². The second-order valence-corrected chi connectivity index (χ2v) is 7.85. The minimum absolute atomic E-state index is 0.00612. The zero-order valence-corrected chi connectivity index (χ0v) is 16.4. The van der Waals surface area contributed by atoms with E-state index in [1.165, 1.54) is 30.3 Å². The topological polar surface area (TPSA) is 102 Å². The number of carbonyl (C=O) groups excluding carboxylic acids is 2. The van der Waals surface area contributed by atoms with Crippen LogP contribution in [0.15, 0.2) is 66.1 Å². The van der Waals surface area contributed by atoms with Gasteiger partial charge in [-0.2, -0.15) is 0 Å². The van der Waals surface area contributed by atoms with E-state index >= 15 is 0 Å². The number of nitrogens with one attached hydrogen (secondary N) is 2. The minimum atomic E-state index is -3.67. The highest BCUT2D eigenvalue weighted by Gasteiger charge is 2.15. The van der Waals surface area contributed by atoms with E-state index in [-0.39, 0.29) is 23.5 Å². The number of sulfonamides is 1. The van der Waals surface area contributed by atoms with Crippen molar-refractivity contribution >= 4 is 33.5 Å². The van der Waals surface area contributed by atoms with Gasteiger partial charge in [-0.05, 0) is 42.0 Å². The summed E-state index contributed by atoms with van der Waals surface area (Å²) >= 11 is 5.79. The van der Waals surface area contributed by atoms with Crippen LogP contribution >= 0.6 is 11.6 Å². The van der Waals surface area contributed by atoms with Crippen LogP contribution in [-0.4, -0.2) is 33.4 Å². The summed E-state index contributed by atoms with van der Waals surface area (Å²) in [5, 5.41) is 3.22. The Bertz CT molecular complexity index is 941. The van der Waals surface area contributed by atoms with E-state index in [2.05, 4.69) is 16.6 Å². The molecule has 2 aromatic rings. The van der Waals surface area contributed by atoms with Crippen molar-refractivity contribution in [1.29, 1.82) is 0 Å². The number of hydrogen-bond acceptors (Lipinski definition) is 5. The zero-order valence-electron chi connectivity index (χ0n) is 14.9. The first kappa shape index (κ1) is 21.6. The van der Waals surface area contributed by atoms with Crippen molar-refractivity contribution in [3.63, 3.8) is 0 Å². The van der Waals surface area contributed by atoms with E-state index in [0.29, 0.717) is 5.02 Å². The summed E-state index contributed by atoms with van der Waals surface area (Å²) in [5.74, 6) is -1.19. The first-order chi connectivity index (χ1) is 13.3. The lowest BCUT2D eigenvalue weighted by Gasteiger charge is -2.08. The second kappa shape index (κ2) is 10.0. The minimum Gasteiger partial charge on any atom is -0.452 e. The van der Waals surface area contributed by atoms with E-state index < -0.39 is 28.5 Å². The Hall–Kier alpha value is -2.68. The molecule has 0 aliphatic carbocycles. The van der Waals surface area contributed by atoms with Gasteiger partial charge in [0.2, 0.25) is 10.0 Å². The fourth-order valence-corrected chi connectivity index (χ4v) is 3.21. The smallest absolute Gasteiger partial charge is 0.338 e. The molecule has 0 spiro atoms. The van der Waals surface area contributed by atoms with Crippen molar-refractivity contribution in [2.75, 3.05) is 13.2 Å². The van der Waals surface area contributed by atoms with Crippen molar-refractivity contribution in [2.24, 2.45) is 0 Å². The molecule has 0 aromatic heterocycles. The lowest BCUT2D eigenvalue weighted by atomic mass is 10.2. The lowest BCUT2D eigenvalue weighted by molar-refractivity contribution is -0.124. The van der Waals surface area contributed by atoms with Crippen LogP contribution in [0.1, 0.15) is 15.9 Å². The molecule has 0 heterocycles. The van der Waals surface area contributed by atoms with Crippen LogP contribution in [0.2, 0.25) is 5.02 Å². The molecule has 0 unspecified atom stereocenters. The van der Waals surface area contributed by atoms with Crippen molar-refractivity contribution in [2.45, 2.75) is 11.4 Å². The van der Waals surface area contributed by atoms with Crippen LogP contribution in [0.25, 0.3) is 0 Å². The molecule has 148 valence electrons. The van der Waals surface area contributed by atoms with Gasteiger partial charge in [0.25, 0.3) is 5.91 Å². The molecule has 2 rings (SSSR count). The van der Waals surface area contributed by atoms with Gasteiger partial charge in [-0.25, -0.2) is 17.9 Å². The highest BCUT2D eigenvalue weighted by molar-refractivity contribution is 7.89. The molecule has 2 aromatic carbocycles. The molecule has 0 saturated heterocycles. The molecule has 0 fully saturated rings. The molecule has 0 bridgehead atoms. The number of benzene rings is 2. The molecule has 0 saturated carbocycles. The average Bonchev–Trinajstić information content (AvgIpc) is 2.70. The molecule has 0 aliphatic heterocycles. The number of hydrogen-bond donors (Lipinski definition) is 2. The summed E-state index contributed by atoms with van der Waals surface area (Å²) in [5.41, 5.74) is 0.985. The number of rotatable bonds is 9. The third kappa shape index (κ3) is 6.49. The predicted molar refractivity (Wildman–Crippen MR) is 105 cm³/mol. The molecule has 0 atom stereocenters. The van der Waals surface area contributed by atoms with Crippen LogP contribution in [0, 0.1) is 0 Å². The fraction of sp³-hybridized carbons (Fsp3) is 0.158. The third-order valence-corrected chi connectivity index (χ3v) is 5.25. The number of carbonyl (C=O) groups is 2. The lowest BCUT2D eigenvalue weighted by Crippen LogP contribution is -2.28. The summed E-state index contributed by atoms with van der Waals surface area (Å²) < 4.78 is 31.2. The molecule has 28 heavy (non-hydrogen) atoms. The maximum absolute atomic E-state index is 12.0. The molecule has 7 nitrogen and oxygen atoms in total. The Kier molecular flexibility index (Phi) is 7.74. The Morgan fingerprint density at radius 1 is 1.07 bits per heavy atom. The molecule has 0 radical (unpaired) electrons. The summed E-state index contributed by atoms with van der Waals surface area (Å²) in [7, 11) is -3.67. The molecule has 9 heteroatoms. The highest BCUT2D eigenvalue weighted by Crippen LogP contribution is 2.12. The predicted octanol–water partition coefficient (Wildman–Crippen LogP) is 2.28. The first-order valence-corrected chi connectivity index (χ1v) is 10.1. The molecule has 0 aliphatic rings. The van der Waals surface area contributed by atoms with E-state index in [1.807, 2.05) is 0 Å². The Morgan fingerprint density at radius 3 is 2.32 bits per heavy atom. The van der Waals surface area contributed by atoms with E-state index in [1.54, 1.807) is 24.3 Å².